The van der Waals surface area contributed by atoms with Crippen LogP contribution in [0.2, 0.25) is 0 Å². The lowest BCUT2D eigenvalue weighted by atomic mass is 10.1. The number of amides is 1. The molecule has 1 heterocycles. The van der Waals surface area contributed by atoms with E-state index >= 15 is 0 Å². The van der Waals surface area contributed by atoms with Gasteiger partial charge < -0.3 is 19.2 Å². The highest BCUT2D eigenvalue weighted by atomic mass is 16.5. The Hall–Kier alpha value is -2.95. The van der Waals surface area contributed by atoms with E-state index in [1.807, 2.05) is 24.3 Å². The first kappa shape index (κ1) is 15.9. The number of nitrogens with one attached hydrogen (secondary N) is 1. The second-order valence-electron chi connectivity index (χ2n) is 5.33. The Labute approximate surface area is 140 Å². The minimum atomic E-state index is -0.149. The topological polar surface area (TPSA) is 60.7 Å². The van der Waals surface area contributed by atoms with E-state index in [9.17, 15) is 4.79 Å². The summed E-state index contributed by atoms with van der Waals surface area (Å²) in [4.78, 5) is 12.3. The number of carbonyl (C=O) groups is 1. The van der Waals surface area contributed by atoms with E-state index in [-0.39, 0.29) is 5.91 Å². The number of furan rings is 1. The predicted octanol–water partition coefficient (Wildman–Crippen LogP) is 3.42. The van der Waals surface area contributed by atoms with Crippen LogP contribution in [-0.2, 0) is 6.42 Å². The number of ether oxygens (including phenoxy) is 2. The first-order valence-electron chi connectivity index (χ1n) is 7.68. The van der Waals surface area contributed by atoms with Gasteiger partial charge in [-0.2, -0.15) is 0 Å². The van der Waals surface area contributed by atoms with Crippen LogP contribution < -0.4 is 14.8 Å². The monoisotopic (exact) mass is 325 g/mol. The molecule has 3 rings (SSSR count). The summed E-state index contributed by atoms with van der Waals surface area (Å²) in [6, 6.07) is 13.0. The van der Waals surface area contributed by atoms with Gasteiger partial charge in [0.1, 0.15) is 5.58 Å². The summed E-state index contributed by atoms with van der Waals surface area (Å²) in [5, 5.41) is 4.00. The molecule has 124 valence electrons. The SMILES string of the molecule is COc1ccc(C(=O)NCCc2coc3ccccc23)cc1OC. The quantitative estimate of drug-likeness (QED) is 0.754. The molecular formula is C19H19NO4. The molecule has 0 aliphatic rings. The fourth-order valence-electron chi connectivity index (χ4n) is 2.62. The number of hydrogen-bond donors (Lipinski definition) is 1. The highest BCUT2D eigenvalue weighted by Crippen LogP contribution is 2.27. The highest BCUT2D eigenvalue weighted by Gasteiger charge is 2.11. The van der Waals surface area contributed by atoms with Gasteiger partial charge in [-0.05, 0) is 36.2 Å². The van der Waals surface area contributed by atoms with Crippen LogP contribution in [0.3, 0.4) is 0 Å². The van der Waals surface area contributed by atoms with Gasteiger partial charge in [-0.25, -0.2) is 0 Å². The molecule has 0 aliphatic heterocycles. The molecule has 0 fully saturated rings. The van der Waals surface area contributed by atoms with Gasteiger partial charge >= 0.3 is 0 Å². The summed E-state index contributed by atoms with van der Waals surface area (Å²) in [5.74, 6) is 0.980. The lowest BCUT2D eigenvalue weighted by molar-refractivity contribution is 0.0953. The molecule has 5 nitrogen and oxygen atoms in total. The van der Waals surface area contributed by atoms with Crippen molar-refractivity contribution in [1.82, 2.24) is 5.32 Å². The first-order chi connectivity index (χ1) is 11.7. The molecule has 0 atom stereocenters. The normalized spacial score (nSPS) is 10.6. The number of hydrogen-bond acceptors (Lipinski definition) is 4. The zero-order valence-electron chi connectivity index (χ0n) is 13.7. The Kier molecular flexibility index (Phi) is 4.70. The van der Waals surface area contributed by atoms with Gasteiger partial charge in [0.05, 0.1) is 20.5 Å². The van der Waals surface area contributed by atoms with E-state index in [0.717, 1.165) is 16.5 Å². The smallest absolute Gasteiger partial charge is 0.251 e. The van der Waals surface area contributed by atoms with E-state index in [1.54, 1.807) is 38.7 Å². The van der Waals surface area contributed by atoms with Gasteiger partial charge in [-0.1, -0.05) is 18.2 Å². The van der Waals surface area contributed by atoms with Crippen LogP contribution in [0.4, 0.5) is 0 Å². The van der Waals surface area contributed by atoms with Gasteiger partial charge in [0.15, 0.2) is 11.5 Å². The molecule has 24 heavy (non-hydrogen) atoms. The van der Waals surface area contributed by atoms with Crippen molar-refractivity contribution < 1.29 is 18.7 Å². The van der Waals surface area contributed by atoms with E-state index in [2.05, 4.69) is 5.32 Å². The minimum absolute atomic E-state index is 0.149. The second-order valence-corrected chi connectivity index (χ2v) is 5.33. The third-order valence-corrected chi connectivity index (χ3v) is 3.89. The summed E-state index contributed by atoms with van der Waals surface area (Å²) >= 11 is 0. The number of methoxy groups -OCH3 is 2. The average molecular weight is 325 g/mol. The third-order valence-electron chi connectivity index (χ3n) is 3.89. The van der Waals surface area contributed by atoms with Crippen LogP contribution in [0.1, 0.15) is 15.9 Å². The lowest BCUT2D eigenvalue weighted by Gasteiger charge is -2.10. The average Bonchev–Trinajstić information content (AvgIpc) is 3.04. The Morgan fingerprint density at radius 2 is 1.88 bits per heavy atom. The lowest BCUT2D eigenvalue weighted by Crippen LogP contribution is -2.25. The second kappa shape index (κ2) is 7.08. The fraction of sp³-hybridized carbons (Fsp3) is 0.211. The Balaban J connectivity index is 1.63. The van der Waals surface area contributed by atoms with Gasteiger partial charge in [-0.3, -0.25) is 4.79 Å². The molecule has 0 bridgehead atoms. The molecule has 1 amide bonds. The molecule has 0 unspecified atom stereocenters. The fourth-order valence-corrected chi connectivity index (χ4v) is 2.62. The van der Waals surface area contributed by atoms with E-state index in [4.69, 9.17) is 13.9 Å². The summed E-state index contributed by atoms with van der Waals surface area (Å²) in [7, 11) is 3.11. The first-order valence-corrected chi connectivity index (χ1v) is 7.68. The molecule has 2 aromatic carbocycles. The molecule has 0 saturated carbocycles. The van der Waals surface area contributed by atoms with Crippen LogP contribution in [0.15, 0.2) is 53.1 Å². The number of carbonyl (C=O) groups excluding carboxylic acids is 1. The van der Waals surface area contributed by atoms with Gasteiger partial charge in [0.25, 0.3) is 5.91 Å². The largest absolute Gasteiger partial charge is 0.493 e. The molecule has 1 N–H and O–H groups in total. The van der Waals surface area contributed by atoms with Crippen molar-refractivity contribution in [3.8, 4) is 11.5 Å². The summed E-state index contributed by atoms with van der Waals surface area (Å²) in [6.07, 6.45) is 2.45. The maximum atomic E-state index is 12.3. The molecule has 0 saturated heterocycles. The highest BCUT2D eigenvalue weighted by molar-refractivity contribution is 5.95. The molecule has 0 radical (unpaired) electrons. The standard InChI is InChI=1S/C19H19NO4/c1-22-17-8-7-13(11-18(17)23-2)19(21)20-10-9-14-12-24-16-6-4-3-5-15(14)16/h3-8,11-12H,9-10H2,1-2H3,(H,20,21). The van der Waals surface area contributed by atoms with E-state index in [1.165, 1.54) is 0 Å². The van der Waals surface area contributed by atoms with Gasteiger partial charge in [-0.15, -0.1) is 0 Å². The summed E-state index contributed by atoms with van der Waals surface area (Å²) in [5.41, 5.74) is 2.47. The Morgan fingerprint density at radius 3 is 2.67 bits per heavy atom. The maximum absolute atomic E-state index is 12.3. The van der Waals surface area contributed by atoms with Gasteiger partial charge in [0, 0.05) is 17.5 Å². The van der Waals surface area contributed by atoms with Crippen molar-refractivity contribution >= 4 is 16.9 Å². The molecule has 0 spiro atoms. The van der Waals surface area contributed by atoms with Crippen molar-refractivity contribution in [3.05, 3.63) is 59.9 Å². The number of rotatable bonds is 6. The minimum Gasteiger partial charge on any atom is -0.493 e. The summed E-state index contributed by atoms with van der Waals surface area (Å²) in [6.45, 7) is 0.525. The van der Waals surface area contributed by atoms with Gasteiger partial charge in [0.2, 0.25) is 0 Å². The number of para-hydroxylation sites is 1. The molecule has 1 aromatic heterocycles. The Morgan fingerprint density at radius 1 is 1.08 bits per heavy atom. The van der Waals surface area contributed by atoms with Crippen molar-refractivity contribution in [2.75, 3.05) is 20.8 Å². The van der Waals surface area contributed by atoms with Crippen LogP contribution >= 0.6 is 0 Å². The van der Waals surface area contributed by atoms with E-state index in [0.29, 0.717) is 30.0 Å². The zero-order valence-corrected chi connectivity index (χ0v) is 13.7. The zero-order chi connectivity index (χ0) is 16.9. The van der Waals surface area contributed by atoms with Crippen molar-refractivity contribution in [2.45, 2.75) is 6.42 Å². The molecule has 3 aromatic rings. The molecular weight excluding hydrogens is 306 g/mol. The number of fused-ring (bicyclic) bond motifs is 1. The predicted molar refractivity (Wildman–Crippen MR) is 91.8 cm³/mol. The van der Waals surface area contributed by atoms with Crippen molar-refractivity contribution in [3.63, 3.8) is 0 Å². The third kappa shape index (κ3) is 3.20. The van der Waals surface area contributed by atoms with Crippen molar-refractivity contribution in [2.24, 2.45) is 0 Å². The maximum Gasteiger partial charge on any atom is 0.251 e. The Bertz CT molecular complexity index is 853. The van der Waals surface area contributed by atoms with Crippen LogP contribution in [-0.4, -0.2) is 26.7 Å². The van der Waals surface area contributed by atoms with Crippen LogP contribution in [0.5, 0.6) is 11.5 Å². The summed E-state index contributed by atoms with van der Waals surface area (Å²) < 4.78 is 15.9. The molecule has 0 aliphatic carbocycles. The van der Waals surface area contributed by atoms with Crippen molar-refractivity contribution in [1.29, 1.82) is 0 Å². The van der Waals surface area contributed by atoms with E-state index < -0.39 is 0 Å². The van der Waals surface area contributed by atoms with Crippen LogP contribution in [0, 0.1) is 0 Å². The number of benzene rings is 2. The molecule has 5 heteroatoms. The van der Waals surface area contributed by atoms with Crippen LogP contribution in [0.25, 0.3) is 11.0 Å².